The number of imide groups is 1. The number of rotatable bonds is 1. The Morgan fingerprint density at radius 2 is 1.81 bits per heavy atom. The lowest BCUT2D eigenvalue weighted by molar-refractivity contribution is -0.130. The van der Waals surface area contributed by atoms with Gasteiger partial charge in [0, 0.05) is 22.3 Å². The van der Waals surface area contributed by atoms with Crippen LogP contribution in [0.15, 0.2) is 48.5 Å². The zero-order valence-electron chi connectivity index (χ0n) is 14.4. The number of carbonyl (C=O) groups excluding carboxylic acids is 3. The minimum absolute atomic E-state index is 0.294. The van der Waals surface area contributed by atoms with Crippen LogP contribution in [-0.4, -0.2) is 23.8 Å². The van der Waals surface area contributed by atoms with Crippen LogP contribution in [0.25, 0.3) is 0 Å². The van der Waals surface area contributed by atoms with Gasteiger partial charge in [-0.25, -0.2) is 4.90 Å². The molecule has 0 bridgehead atoms. The Morgan fingerprint density at radius 1 is 1.04 bits per heavy atom. The molecule has 2 aromatic carbocycles. The third kappa shape index (κ3) is 1.97. The molecule has 3 amide bonds. The van der Waals surface area contributed by atoms with Gasteiger partial charge in [-0.1, -0.05) is 35.9 Å². The molecule has 3 aliphatic heterocycles. The lowest BCUT2D eigenvalue weighted by atomic mass is 9.76. The van der Waals surface area contributed by atoms with Crippen LogP contribution in [0.3, 0.4) is 0 Å². The zero-order chi connectivity index (χ0) is 18.9. The van der Waals surface area contributed by atoms with Gasteiger partial charge in [-0.05, 0) is 31.2 Å². The summed E-state index contributed by atoms with van der Waals surface area (Å²) in [5.41, 5.74) is 0.578. The topological polar surface area (TPSA) is 78.5 Å². The highest BCUT2D eigenvalue weighted by Gasteiger charge is 2.69. The van der Waals surface area contributed by atoms with Crippen molar-refractivity contribution in [1.82, 2.24) is 5.32 Å². The van der Waals surface area contributed by atoms with Gasteiger partial charge in [0.1, 0.15) is 5.54 Å². The molecule has 7 heteroatoms. The van der Waals surface area contributed by atoms with E-state index < -0.39 is 17.4 Å². The molecule has 0 aliphatic carbocycles. The van der Waals surface area contributed by atoms with Gasteiger partial charge >= 0.3 is 0 Å². The standard InChI is InChI=1S/C20H16ClN3O3/c1-10-15-16(18(26)24(17(15)25)12-6-4-5-11(21)9-12)20(23-10)13-7-2-3-8-14(13)22-19(20)27/h2-10,15-16,23H,1H3,(H,22,27). The average molecular weight is 382 g/mol. The van der Waals surface area contributed by atoms with E-state index in [-0.39, 0.29) is 23.8 Å². The summed E-state index contributed by atoms with van der Waals surface area (Å²) in [5.74, 6) is -2.40. The molecule has 3 aliphatic rings. The van der Waals surface area contributed by atoms with E-state index in [1.54, 1.807) is 30.3 Å². The van der Waals surface area contributed by atoms with E-state index >= 15 is 0 Å². The first kappa shape index (κ1) is 16.5. The van der Waals surface area contributed by atoms with Gasteiger partial charge in [0.15, 0.2) is 0 Å². The third-order valence-electron chi connectivity index (χ3n) is 5.84. The minimum atomic E-state index is -1.24. The molecule has 0 aromatic heterocycles. The highest BCUT2D eigenvalue weighted by molar-refractivity contribution is 6.31. The number of nitrogens with zero attached hydrogens (tertiary/aromatic N) is 1. The van der Waals surface area contributed by atoms with Crippen LogP contribution in [0.4, 0.5) is 11.4 Å². The molecule has 0 saturated carbocycles. The van der Waals surface area contributed by atoms with Gasteiger partial charge in [-0.15, -0.1) is 0 Å². The fraction of sp³-hybridized carbons (Fsp3) is 0.250. The van der Waals surface area contributed by atoms with Crippen LogP contribution in [0.2, 0.25) is 5.02 Å². The van der Waals surface area contributed by atoms with Gasteiger partial charge in [-0.2, -0.15) is 0 Å². The number of carbonyl (C=O) groups is 3. The summed E-state index contributed by atoms with van der Waals surface area (Å²) in [5, 5.41) is 6.57. The summed E-state index contributed by atoms with van der Waals surface area (Å²) in [4.78, 5) is 40.8. The first-order valence-corrected chi connectivity index (χ1v) is 9.15. The average Bonchev–Trinajstić information content (AvgIpc) is 3.20. The molecule has 1 spiro atoms. The molecule has 0 radical (unpaired) electrons. The maximum atomic E-state index is 13.4. The van der Waals surface area contributed by atoms with Crippen molar-refractivity contribution < 1.29 is 14.4 Å². The third-order valence-corrected chi connectivity index (χ3v) is 6.07. The summed E-state index contributed by atoms with van der Waals surface area (Å²) >= 11 is 6.05. The normalized spacial score (nSPS) is 31.4. The van der Waals surface area contributed by atoms with Gasteiger partial charge in [0.2, 0.25) is 17.7 Å². The number of amides is 3. The van der Waals surface area contributed by atoms with E-state index in [9.17, 15) is 14.4 Å². The Hall–Kier alpha value is -2.70. The number of hydrogen-bond acceptors (Lipinski definition) is 4. The quantitative estimate of drug-likeness (QED) is 0.743. The summed E-state index contributed by atoms with van der Waals surface area (Å²) in [6.07, 6.45) is 0. The molecule has 27 heavy (non-hydrogen) atoms. The Balaban J connectivity index is 1.67. The van der Waals surface area contributed by atoms with Crippen molar-refractivity contribution in [2.45, 2.75) is 18.5 Å². The molecule has 2 N–H and O–H groups in total. The summed E-state index contributed by atoms with van der Waals surface area (Å²) < 4.78 is 0. The van der Waals surface area contributed by atoms with Crippen molar-refractivity contribution >= 4 is 40.7 Å². The number of halogens is 1. The van der Waals surface area contributed by atoms with Gasteiger partial charge in [0.25, 0.3) is 0 Å². The zero-order valence-corrected chi connectivity index (χ0v) is 15.2. The molecule has 3 heterocycles. The Bertz CT molecular complexity index is 1020. The van der Waals surface area contributed by atoms with E-state index in [1.165, 1.54) is 4.90 Å². The van der Waals surface area contributed by atoms with E-state index in [1.807, 2.05) is 25.1 Å². The molecule has 2 fully saturated rings. The van der Waals surface area contributed by atoms with Gasteiger partial charge < -0.3 is 5.32 Å². The maximum absolute atomic E-state index is 13.4. The molecule has 4 unspecified atom stereocenters. The molecule has 136 valence electrons. The van der Waals surface area contributed by atoms with Crippen molar-refractivity contribution in [3.05, 3.63) is 59.1 Å². The van der Waals surface area contributed by atoms with Crippen LogP contribution in [0.5, 0.6) is 0 Å². The molecule has 2 saturated heterocycles. The highest BCUT2D eigenvalue weighted by Crippen LogP contribution is 2.53. The molecular weight excluding hydrogens is 366 g/mol. The predicted octanol–water partition coefficient (Wildman–Crippen LogP) is 2.28. The van der Waals surface area contributed by atoms with Crippen LogP contribution < -0.4 is 15.5 Å². The second kappa shape index (κ2) is 5.41. The largest absolute Gasteiger partial charge is 0.324 e. The molecular formula is C20H16ClN3O3. The van der Waals surface area contributed by atoms with Crippen LogP contribution in [0, 0.1) is 11.8 Å². The van der Waals surface area contributed by atoms with Crippen LogP contribution in [0.1, 0.15) is 12.5 Å². The molecule has 6 nitrogen and oxygen atoms in total. The second-order valence-corrected chi connectivity index (χ2v) is 7.67. The number of anilines is 2. The van der Waals surface area contributed by atoms with E-state index in [0.717, 1.165) is 0 Å². The van der Waals surface area contributed by atoms with Crippen molar-refractivity contribution in [3.8, 4) is 0 Å². The van der Waals surface area contributed by atoms with Crippen molar-refractivity contribution in [2.24, 2.45) is 11.8 Å². The van der Waals surface area contributed by atoms with Crippen molar-refractivity contribution in [2.75, 3.05) is 10.2 Å². The van der Waals surface area contributed by atoms with Crippen molar-refractivity contribution in [3.63, 3.8) is 0 Å². The summed E-state index contributed by atoms with van der Waals surface area (Å²) in [6.45, 7) is 1.84. The predicted molar refractivity (Wildman–Crippen MR) is 100 cm³/mol. The highest BCUT2D eigenvalue weighted by atomic mass is 35.5. The molecule has 2 aromatic rings. The minimum Gasteiger partial charge on any atom is -0.324 e. The SMILES string of the molecule is CC1NC2(C(=O)Nc3ccccc32)C2C(=O)N(c3cccc(Cl)c3)C(=O)C12. The second-order valence-electron chi connectivity index (χ2n) is 7.24. The van der Waals surface area contributed by atoms with E-state index in [0.29, 0.717) is 22.0 Å². The maximum Gasteiger partial charge on any atom is 0.250 e. The lowest BCUT2D eigenvalue weighted by Crippen LogP contribution is -2.53. The number of nitrogens with one attached hydrogen (secondary N) is 2. The van der Waals surface area contributed by atoms with E-state index in [2.05, 4.69) is 10.6 Å². The smallest absolute Gasteiger partial charge is 0.250 e. The summed E-state index contributed by atoms with van der Waals surface area (Å²) in [6, 6.07) is 13.6. The fourth-order valence-corrected chi connectivity index (χ4v) is 4.97. The number of benzene rings is 2. The van der Waals surface area contributed by atoms with Crippen LogP contribution in [-0.2, 0) is 19.9 Å². The van der Waals surface area contributed by atoms with Gasteiger partial charge in [0.05, 0.1) is 17.5 Å². The molecule has 4 atom stereocenters. The Kier molecular flexibility index (Phi) is 3.30. The van der Waals surface area contributed by atoms with Crippen LogP contribution >= 0.6 is 11.6 Å². The fourth-order valence-electron chi connectivity index (χ4n) is 4.79. The molecule has 5 rings (SSSR count). The monoisotopic (exact) mass is 381 g/mol. The van der Waals surface area contributed by atoms with Crippen molar-refractivity contribution in [1.29, 1.82) is 0 Å². The number of hydrogen-bond donors (Lipinski definition) is 2. The first-order valence-electron chi connectivity index (χ1n) is 8.77. The number of para-hydroxylation sites is 1. The number of fused-ring (bicyclic) bond motifs is 4. The Labute approximate surface area is 160 Å². The first-order chi connectivity index (χ1) is 12.9. The van der Waals surface area contributed by atoms with Gasteiger partial charge in [-0.3, -0.25) is 19.7 Å². The lowest BCUT2D eigenvalue weighted by Gasteiger charge is -2.29. The Morgan fingerprint density at radius 3 is 2.59 bits per heavy atom. The summed E-state index contributed by atoms with van der Waals surface area (Å²) in [7, 11) is 0. The van der Waals surface area contributed by atoms with E-state index in [4.69, 9.17) is 11.6 Å².